The van der Waals surface area contributed by atoms with Crippen molar-refractivity contribution in [2.24, 2.45) is 5.92 Å². The van der Waals surface area contributed by atoms with Crippen LogP contribution in [0.1, 0.15) is 46.0 Å². The van der Waals surface area contributed by atoms with Crippen LogP contribution in [0.4, 0.5) is 5.69 Å². The van der Waals surface area contributed by atoms with Crippen molar-refractivity contribution in [3.8, 4) is 0 Å². The highest BCUT2D eigenvalue weighted by atomic mass is 79.9. The number of anilines is 1. The molecule has 3 aromatic carbocycles. The molecular weight excluding hydrogens is 516 g/mol. The first kappa shape index (κ1) is 24.3. The van der Waals surface area contributed by atoms with Gasteiger partial charge in [-0.15, -0.1) is 0 Å². The molecule has 1 aliphatic rings. The highest BCUT2D eigenvalue weighted by molar-refractivity contribution is 9.10. The molecule has 34 heavy (non-hydrogen) atoms. The summed E-state index contributed by atoms with van der Waals surface area (Å²) in [6.45, 7) is 3.14. The smallest absolute Gasteiger partial charge is 0.255 e. The van der Waals surface area contributed by atoms with Gasteiger partial charge in [-0.05, 0) is 61.2 Å². The van der Waals surface area contributed by atoms with Gasteiger partial charge in [0.15, 0.2) is 5.78 Å². The summed E-state index contributed by atoms with van der Waals surface area (Å²) in [6, 6.07) is 19.8. The Labute approximate surface area is 208 Å². The van der Waals surface area contributed by atoms with Crippen LogP contribution < -0.4 is 5.32 Å². The van der Waals surface area contributed by atoms with Crippen molar-refractivity contribution in [1.29, 1.82) is 0 Å². The van der Waals surface area contributed by atoms with Crippen LogP contribution in [0, 0.1) is 5.92 Å². The van der Waals surface area contributed by atoms with E-state index in [2.05, 4.69) is 28.2 Å². The molecule has 1 amide bonds. The van der Waals surface area contributed by atoms with Crippen molar-refractivity contribution in [2.45, 2.75) is 24.7 Å². The summed E-state index contributed by atoms with van der Waals surface area (Å²) >= 11 is 3.39. The number of sulfonamides is 1. The van der Waals surface area contributed by atoms with Crippen LogP contribution in [-0.4, -0.2) is 37.5 Å². The number of piperidine rings is 1. The molecule has 0 aromatic heterocycles. The van der Waals surface area contributed by atoms with E-state index in [-0.39, 0.29) is 10.7 Å². The molecule has 8 heteroatoms. The van der Waals surface area contributed by atoms with Gasteiger partial charge >= 0.3 is 0 Å². The van der Waals surface area contributed by atoms with Crippen LogP contribution >= 0.6 is 15.9 Å². The average molecular weight is 541 g/mol. The number of rotatable bonds is 6. The Hall–Kier alpha value is -2.81. The molecule has 0 bridgehead atoms. The molecule has 0 radical (unpaired) electrons. The van der Waals surface area contributed by atoms with Crippen LogP contribution in [0.25, 0.3) is 0 Å². The highest BCUT2D eigenvalue weighted by Gasteiger charge is 2.28. The van der Waals surface area contributed by atoms with Gasteiger partial charge in [-0.3, -0.25) is 9.59 Å². The minimum atomic E-state index is -3.59. The van der Waals surface area contributed by atoms with Gasteiger partial charge in [0.25, 0.3) is 5.91 Å². The number of nitrogens with zero attached hydrogens (tertiary/aromatic N) is 1. The van der Waals surface area contributed by atoms with E-state index in [1.54, 1.807) is 42.5 Å². The normalized spacial score (nSPS) is 15.1. The van der Waals surface area contributed by atoms with E-state index in [1.807, 2.05) is 6.07 Å². The standard InChI is InChI=1S/C26H25BrN2O4S/c1-18-13-15-29(16-14-18)34(32,33)22-10-7-20(8-11-22)26(31)28-24-12-9-21(27)17-23(24)25(30)19-5-3-2-4-6-19/h2-12,17-18H,13-16H2,1H3,(H,28,31). The summed E-state index contributed by atoms with van der Waals surface area (Å²) in [4.78, 5) is 26.1. The van der Waals surface area contributed by atoms with Crippen molar-refractivity contribution in [3.05, 3.63) is 94.0 Å². The summed E-state index contributed by atoms with van der Waals surface area (Å²) in [6.07, 6.45) is 1.69. The fourth-order valence-electron chi connectivity index (χ4n) is 3.91. The third-order valence-electron chi connectivity index (χ3n) is 6.01. The first-order valence-corrected chi connectivity index (χ1v) is 13.3. The van der Waals surface area contributed by atoms with Crippen LogP contribution in [0.15, 0.2) is 82.2 Å². The monoisotopic (exact) mass is 540 g/mol. The summed E-state index contributed by atoms with van der Waals surface area (Å²) in [5.74, 6) is -0.121. The van der Waals surface area contributed by atoms with Gasteiger partial charge in [0.1, 0.15) is 0 Å². The Balaban J connectivity index is 1.53. The zero-order valence-corrected chi connectivity index (χ0v) is 21.1. The number of halogens is 1. The molecule has 1 heterocycles. The first-order valence-electron chi connectivity index (χ1n) is 11.1. The predicted molar refractivity (Wildman–Crippen MR) is 136 cm³/mol. The largest absolute Gasteiger partial charge is 0.321 e. The summed E-state index contributed by atoms with van der Waals surface area (Å²) < 4.78 is 28.1. The summed E-state index contributed by atoms with van der Waals surface area (Å²) in [7, 11) is -3.59. The highest BCUT2D eigenvalue weighted by Crippen LogP contribution is 2.26. The van der Waals surface area contributed by atoms with Gasteiger partial charge in [-0.1, -0.05) is 53.2 Å². The first-order chi connectivity index (χ1) is 16.3. The third kappa shape index (κ3) is 5.29. The molecule has 0 aliphatic carbocycles. The Bertz CT molecular complexity index is 1300. The van der Waals surface area contributed by atoms with E-state index in [1.165, 1.54) is 28.6 Å². The Kier molecular flexibility index (Phi) is 7.30. The Morgan fingerprint density at radius 3 is 2.21 bits per heavy atom. The van der Waals surface area contributed by atoms with Gasteiger partial charge in [-0.2, -0.15) is 4.31 Å². The van der Waals surface area contributed by atoms with Crippen molar-refractivity contribution in [3.63, 3.8) is 0 Å². The zero-order chi connectivity index (χ0) is 24.3. The maximum Gasteiger partial charge on any atom is 0.255 e. The molecule has 0 saturated carbocycles. The SMILES string of the molecule is CC1CCN(S(=O)(=O)c2ccc(C(=O)Nc3ccc(Br)cc3C(=O)c3ccccc3)cc2)CC1. The average Bonchev–Trinajstić information content (AvgIpc) is 2.85. The lowest BCUT2D eigenvalue weighted by molar-refractivity contribution is 0.102. The third-order valence-corrected chi connectivity index (χ3v) is 8.41. The van der Waals surface area contributed by atoms with Crippen molar-refractivity contribution >= 4 is 43.3 Å². The second-order valence-corrected chi connectivity index (χ2v) is 11.3. The fourth-order valence-corrected chi connectivity index (χ4v) is 5.74. The second-order valence-electron chi connectivity index (χ2n) is 8.45. The lowest BCUT2D eigenvalue weighted by Gasteiger charge is -2.29. The van der Waals surface area contributed by atoms with Gasteiger partial charge in [-0.25, -0.2) is 8.42 Å². The van der Waals surface area contributed by atoms with E-state index >= 15 is 0 Å². The molecule has 6 nitrogen and oxygen atoms in total. The molecule has 3 aromatic rings. The molecule has 0 atom stereocenters. The number of hydrogen-bond donors (Lipinski definition) is 1. The molecule has 0 spiro atoms. The lowest BCUT2D eigenvalue weighted by Crippen LogP contribution is -2.37. The minimum absolute atomic E-state index is 0.169. The second kappa shape index (κ2) is 10.2. The van der Waals surface area contributed by atoms with Crippen molar-refractivity contribution < 1.29 is 18.0 Å². The fraction of sp³-hybridized carbons (Fsp3) is 0.231. The molecule has 176 valence electrons. The molecule has 1 fully saturated rings. The number of carbonyl (C=O) groups is 2. The molecular formula is C26H25BrN2O4S. The number of hydrogen-bond acceptors (Lipinski definition) is 4. The topological polar surface area (TPSA) is 83.6 Å². The number of ketones is 1. The van der Waals surface area contributed by atoms with E-state index in [4.69, 9.17) is 0 Å². The zero-order valence-electron chi connectivity index (χ0n) is 18.7. The van der Waals surface area contributed by atoms with Gasteiger partial charge in [0, 0.05) is 34.3 Å². The van der Waals surface area contributed by atoms with E-state index in [0.717, 1.165) is 12.8 Å². The van der Waals surface area contributed by atoms with Crippen LogP contribution in [-0.2, 0) is 10.0 Å². The molecule has 1 aliphatic heterocycles. The molecule has 1 saturated heterocycles. The predicted octanol–water partition coefficient (Wildman–Crippen LogP) is 5.35. The van der Waals surface area contributed by atoms with Crippen LogP contribution in [0.3, 0.4) is 0 Å². The molecule has 1 N–H and O–H groups in total. The molecule has 4 rings (SSSR count). The Morgan fingerprint density at radius 1 is 0.912 bits per heavy atom. The number of nitrogens with one attached hydrogen (secondary N) is 1. The number of benzene rings is 3. The van der Waals surface area contributed by atoms with E-state index in [0.29, 0.717) is 45.9 Å². The maximum absolute atomic E-state index is 13.0. The van der Waals surface area contributed by atoms with E-state index < -0.39 is 15.9 Å². The quantitative estimate of drug-likeness (QED) is 0.427. The maximum atomic E-state index is 13.0. The lowest BCUT2D eigenvalue weighted by atomic mass is 10.0. The van der Waals surface area contributed by atoms with Gasteiger partial charge in [0.2, 0.25) is 10.0 Å². The van der Waals surface area contributed by atoms with Gasteiger partial charge < -0.3 is 5.32 Å². The van der Waals surface area contributed by atoms with E-state index in [9.17, 15) is 18.0 Å². The van der Waals surface area contributed by atoms with Crippen LogP contribution in [0.2, 0.25) is 0 Å². The summed E-state index contributed by atoms with van der Waals surface area (Å²) in [5, 5.41) is 2.79. The van der Waals surface area contributed by atoms with Crippen LogP contribution in [0.5, 0.6) is 0 Å². The summed E-state index contributed by atoms with van der Waals surface area (Å²) in [5.41, 5.74) is 1.54. The van der Waals surface area contributed by atoms with Crippen molar-refractivity contribution in [2.75, 3.05) is 18.4 Å². The number of amides is 1. The Morgan fingerprint density at radius 2 is 1.56 bits per heavy atom. The minimum Gasteiger partial charge on any atom is -0.321 e. The molecule has 0 unspecified atom stereocenters. The number of carbonyl (C=O) groups excluding carboxylic acids is 2. The van der Waals surface area contributed by atoms with Crippen molar-refractivity contribution in [1.82, 2.24) is 4.31 Å². The van der Waals surface area contributed by atoms with Gasteiger partial charge in [0.05, 0.1) is 10.6 Å².